The van der Waals surface area contributed by atoms with Gasteiger partial charge in [-0.15, -0.1) is 0 Å². The average molecular weight is 253 g/mol. The summed E-state index contributed by atoms with van der Waals surface area (Å²) in [5.41, 5.74) is 7.23. The summed E-state index contributed by atoms with van der Waals surface area (Å²) in [6, 6.07) is 19.9. The van der Waals surface area contributed by atoms with E-state index in [0.29, 0.717) is 12.8 Å². The molecule has 0 fully saturated rings. The Morgan fingerprint density at radius 1 is 1.00 bits per heavy atom. The predicted octanol–water partition coefficient (Wildman–Crippen LogP) is 3.06. The lowest BCUT2D eigenvalue weighted by atomic mass is 9.73. The summed E-state index contributed by atoms with van der Waals surface area (Å²) in [7, 11) is 0. The summed E-state index contributed by atoms with van der Waals surface area (Å²) in [5.74, 6) is -0.259. The molecule has 0 aromatic heterocycles. The van der Waals surface area contributed by atoms with Crippen LogP contribution in [-0.2, 0) is 16.6 Å². The van der Waals surface area contributed by atoms with E-state index >= 15 is 0 Å². The van der Waals surface area contributed by atoms with Crippen LogP contribution in [0.2, 0.25) is 0 Å². The number of carbonyl (C=O) groups excluding carboxylic acids is 1. The fourth-order valence-corrected chi connectivity index (χ4v) is 2.54. The molecule has 0 spiro atoms. The molecule has 2 nitrogen and oxygen atoms in total. The van der Waals surface area contributed by atoms with E-state index in [0.717, 1.165) is 11.1 Å². The van der Waals surface area contributed by atoms with Crippen molar-refractivity contribution in [3.05, 3.63) is 71.8 Å². The molecule has 19 heavy (non-hydrogen) atoms. The van der Waals surface area contributed by atoms with Gasteiger partial charge in [0.05, 0.1) is 5.41 Å². The van der Waals surface area contributed by atoms with E-state index in [-0.39, 0.29) is 5.91 Å². The highest BCUT2D eigenvalue weighted by Gasteiger charge is 2.36. The van der Waals surface area contributed by atoms with Gasteiger partial charge in [-0.25, -0.2) is 0 Å². The first-order chi connectivity index (χ1) is 9.19. The zero-order chi connectivity index (χ0) is 13.7. The second kappa shape index (κ2) is 5.70. The maximum absolute atomic E-state index is 12.1. The molecule has 0 radical (unpaired) electrons. The zero-order valence-electron chi connectivity index (χ0n) is 11.2. The van der Waals surface area contributed by atoms with Crippen molar-refractivity contribution in [3.8, 4) is 0 Å². The molecular formula is C17H19NO. The minimum absolute atomic E-state index is 0.259. The lowest BCUT2D eigenvalue weighted by molar-refractivity contribution is -0.123. The molecule has 0 aliphatic heterocycles. The number of carbonyl (C=O) groups is 1. The number of hydrogen-bond donors (Lipinski definition) is 1. The summed E-state index contributed by atoms with van der Waals surface area (Å²) >= 11 is 0. The standard InChI is InChI=1S/C17H19NO/c1-2-17(16(18)19,15-11-7-4-8-12-15)13-14-9-5-3-6-10-14/h3-12H,2,13H2,1H3,(H2,18,19). The first-order valence-corrected chi connectivity index (χ1v) is 6.58. The number of benzene rings is 2. The number of hydrogen-bond acceptors (Lipinski definition) is 1. The van der Waals surface area contributed by atoms with Crippen molar-refractivity contribution in [3.63, 3.8) is 0 Å². The summed E-state index contributed by atoms with van der Waals surface area (Å²) in [6.45, 7) is 2.01. The van der Waals surface area contributed by atoms with Gasteiger partial charge in [0.1, 0.15) is 0 Å². The van der Waals surface area contributed by atoms with Crippen LogP contribution in [0.4, 0.5) is 0 Å². The van der Waals surface area contributed by atoms with Crippen molar-refractivity contribution >= 4 is 5.91 Å². The Labute approximate surface area is 114 Å². The normalized spacial score (nSPS) is 13.7. The molecule has 0 saturated heterocycles. The molecular weight excluding hydrogens is 234 g/mol. The molecule has 0 bridgehead atoms. The molecule has 2 heteroatoms. The molecule has 2 aromatic carbocycles. The van der Waals surface area contributed by atoms with Crippen molar-refractivity contribution < 1.29 is 4.79 Å². The Morgan fingerprint density at radius 2 is 1.53 bits per heavy atom. The van der Waals surface area contributed by atoms with Crippen molar-refractivity contribution in [2.45, 2.75) is 25.2 Å². The smallest absolute Gasteiger partial charge is 0.228 e. The van der Waals surface area contributed by atoms with Crippen LogP contribution in [-0.4, -0.2) is 5.91 Å². The van der Waals surface area contributed by atoms with Crippen molar-refractivity contribution in [2.75, 3.05) is 0 Å². The molecule has 2 N–H and O–H groups in total. The summed E-state index contributed by atoms with van der Waals surface area (Å²) in [6.07, 6.45) is 1.34. The number of amides is 1. The third-order valence-corrected chi connectivity index (χ3v) is 3.75. The van der Waals surface area contributed by atoms with Crippen LogP contribution in [0.25, 0.3) is 0 Å². The lowest BCUT2D eigenvalue weighted by Gasteiger charge is -2.30. The van der Waals surface area contributed by atoms with Gasteiger partial charge in [0.2, 0.25) is 5.91 Å². The topological polar surface area (TPSA) is 43.1 Å². The highest BCUT2D eigenvalue weighted by Crippen LogP contribution is 2.31. The molecule has 98 valence electrons. The maximum atomic E-state index is 12.1. The van der Waals surface area contributed by atoms with Crippen LogP contribution < -0.4 is 5.73 Å². The molecule has 0 aliphatic rings. The fraction of sp³-hybridized carbons (Fsp3) is 0.235. The fourth-order valence-electron chi connectivity index (χ4n) is 2.54. The van der Waals surface area contributed by atoms with Gasteiger partial charge in [-0.2, -0.15) is 0 Å². The highest BCUT2D eigenvalue weighted by atomic mass is 16.1. The highest BCUT2D eigenvalue weighted by molar-refractivity contribution is 5.87. The van der Waals surface area contributed by atoms with Gasteiger partial charge >= 0.3 is 0 Å². The molecule has 2 aromatic rings. The third-order valence-electron chi connectivity index (χ3n) is 3.75. The molecule has 1 amide bonds. The van der Waals surface area contributed by atoms with Crippen molar-refractivity contribution in [2.24, 2.45) is 5.73 Å². The van der Waals surface area contributed by atoms with Crippen LogP contribution in [0, 0.1) is 0 Å². The molecule has 1 unspecified atom stereocenters. The van der Waals surface area contributed by atoms with Crippen molar-refractivity contribution in [1.29, 1.82) is 0 Å². The van der Waals surface area contributed by atoms with E-state index in [9.17, 15) is 4.79 Å². The van der Waals surface area contributed by atoms with E-state index in [1.54, 1.807) is 0 Å². The van der Waals surface area contributed by atoms with E-state index in [1.807, 2.05) is 67.6 Å². The third kappa shape index (κ3) is 2.68. The summed E-state index contributed by atoms with van der Waals surface area (Å²) in [4.78, 5) is 12.1. The molecule has 2 rings (SSSR count). The van der Waals surface area contributed by atoms with Gasteiger partial charge in [0, 0.05) is 0 Å². The van der Waals surface area contributed by atoms with E-state index in [2.05, 4.69) is 0 Å². The average Bonchev–Trinajstić information content (AvgIpc) is 2.46. The Hall–Kier alpha value is -2.09. The largest absolute Gasteiger partial charge is 0.369 e. The van der Waals surface area contributed by atoms with Crippen LogP contribution in [0.5, 0.6) is 0 Å². The van der Waals surface area contributed by atoms with Crippen LogP contribution in [0.15, 0.2) is 60.7 Å². The summed E-state index contributed by atoms with van der Waals surface area (Å²) in [5, 5.41) is 0. The number of primary amides is 1. The van der Waals surface area contributed by atoms with Crippen LogP contribution >= 0.6 is 0 Å². The van der Waals surface area contributed by atoms with E-state index < -0.39 is 5.41 Å². The molecule has 0 saturated carbocycles. The first-order valence-electron chi connectivity index (χ1n) is 6.58. The van der Waals surface area contributed by atoms with Gasteiger partial charge < -0.3 is 5.73 Å². The Morgan fingerprint density at radius 3 is 2.00 bits per heavy atom. The van der Waals surface area contributed by atoms with Gasteiger partial charge in [-0.05, 0) is 24.0 Å². The monoisotopic (exact) mass is 253 g/mol. The summed E-state index contributed by atoms with van der Waals surface area (Å²) < 4.78 is 0. The maximum Gasteiger partial charge on any atom is 0.228 e. The second-order valence-corrected chi connectivity index (χ2v) is 4.83. The number of nitrogens with two attached hydrogens (primary N) is 1. The molecule has 1 atom stereocenters. The van der Waals surface area contributed by atoms with Crippen molar-refractivity contribution in [1.82, 2.24) is 0 Å². The Bertz CT molecular complexity index is 536. The molecule has 0 aliphatic carbocycles. The molecule has 0 heterocycles. The van der Waals surface area contributed by atoms with Gasteiger partial charge in [0.25, 0.3) is 0 Å². The van der Waals surface area contributed by atoms with Gasteiger partial charge in [-0.1, -0.05) is 67.6 Å². The lowest BCUT2D eigenvalue weighted by Crippen LogP contribution is -2.42. The van der Waals surface area contributed by atoms with Crippen LogP contribution in [0.3, 0.4) is 0 Å². The minimum atomic E-state index is -0.622. The quantitative estimate of drug-likeness (QED) is 0.874. The Kier molecular flexibility index (Phi) is 4.00. The minimum Gasteiger partial charge on any atom is -0.369 e. The van der Waals surface area contributed by atoms with E-state index in [1.165, 1.54) is 0 Å². The van der Waals surface area contributed by atoms with Gasteiger partial charge in [0.15, 0.2) is 0 Å². The first kappa shape index (κ1) is 13.3. The van der Waals surface area contributed by atoms with Crippen LogP contribution in [0.1, 0.15) is 24.5 Å². The second-order valence-electron chi connectivity index (χ2n) is 4.83. The predicted molar refractivity (Wildman–Crippen MR) is 77.8 cm³/mol. The SMILES string of the molecule is CCC(Cc1ccccc1)(C(N)=O)c1ccccc1. The zero-order valence-corrected chi connectivity index (χ0v) is 11.2. The Balaban J connectivity index is 2.44. The number of rotatable bonds is 5. The van der Waals surface area contributed by atoms with Gasteiger partial charge in [-0.3, -0.25) is 4.79 Å². The van der Waals surface area contributed by atoms with E-state index in [4.69, 9.17) is 5.73 Å².